The molecule has 1 aromatic carbocycles. The molecule has 0 saturated carbocycles. The van der Waals surface area contributed by atoms with E-state index in [1.165, 1.54) is 6.07 Å². The summed E-state index contributed by atoms with van der Waals surface area (Å²) in [6, 6.07) is 4.90. The van der Waals surface area contributed by atoms with Crippen molar-refractivity contribution in [2.24, 2.45) is 0 Å². The van der Waals surface area contributed by atoms with E-state index < -0.39 is 16.3 Å². The molecule has 0 atom stereocenters. The summed E-state index contributed by atoms with van der Waals surface area (Å²) in [6.45, 7) is 1.68. The standard InChI is InChI=1S/C9H11ClN2O4S/c1-6-4-3-5-7(10)8(6)11-17(14,15)12-9(13)16-2/h3-5,11H,1-2H3,(H,12,13). The number of para-hydroxylation sites is 1. The fraction of sp³-hybridized carbons (Fsp3) is 0.222. The number of aryl methyl sites for hydroxylation is 1. The first kappa shape index (κ1) is 13.6. The predicted octanol–water partition coefficient (Wildman–Crippen LogP) is 1.66. The molecule has 0 unspecified atom stereocenters. The number of halogens is 1. The Morgan fingerprint density at radius 3 is 2.59 bits per heavy atom. The summed E-state index contributed by atoms with van der Waals surface area (Å²) < 4.78 is 31.0. The van der Waals surface area contributed by atoms with Crippen molar-refractivity contribution < 1.29 is 17.9 Å². The number of benzene rings is 1. The molecule has 8 heteroatoms. The van der Waals surface area contributed by atoms with Crippen molar-refractivity contribution in [3.8, 4) is 0 Å². The Labute approximate surface area is 104 Å². The molecular weight excluding hydrogens is 268 g/mol. The molecule has 0 heterocycles. The minimum Gasteiger partial charge on any atom is -0.452 e. The lowest BCUT2D eigenvalue weighted by Crippen LogP contribution is -2.35. The number of rotatable bonds is 3. The number of carbonyl (C=O) groups excluding carboxylic acids is 1. The second-order valence-electron chi connectivity index (χ2n) is 3.13. The highest BCUT2D eigenvalue weighted by atomic mass is 35.5. The van der Waals surface area contributed by atoms with Crippen LogP contribution in [0.5, 0.6) is 0 Å². The Morgan fingerprint density at radius 2 is 2.06 bits per heavy atom. The Kier molecular flexibility index (Phi) is 4.19. The minimum atomic E-state index is -4.05. The SMILES string of the molecule is COC(=O)NS(=O)(=O)Nc1c(C)cccc1Cl. The van der Waals surface area contributed by atoms with E-state index in [2.05, 4.69) is 9.46 Å². The third kappa shape index (κ3) is 3.79. The summed E-state index contributed by atoms with van der Waals surface area (Å²) in [7, 11) is -2.99. The normalized spacial score (nSPS) is 10.8. The Bertz CT molecular complexity index is 510. The molecule has 17 heavy (non-hydrogen) atoms. The van der Waals surface area contributed by atoms with Gasteiger partial charge in [-0.15, -0.1) is 0 Å². The zero-order valence-corrected chi connectivity index (χ0v) is 10.7. The predicted molar refractivity (Wildman–Crippen MR) is 64.3 cm³/mol. The van der Waals surface area contributed by atoms with Crippen molar-refractivity contribution in [3.05, 3.63) is 28.8 Å². The molecule has 0 aromatic heterocycles. The van der Waals surface area contributed by atoms with Gasteiger partial charge >= 0.3 is 16.3 Å². The Hall–Kier alpha value is -1.47. The molecule has 1 rings (SSSR count). The molecule has 1 aromatic rings. The molecule has 1 amide bonds. The maximum Gasteiger partial charge on any atom is 0.422 e. The van der Waals surface area contributed by atoms with E-state index in [0.29, 0.717) is 5.56 Å². The maximum atomic E-state index is 11.5. The number of amides is 1. The van der Waals surface area contributed by atoms with Gasteiger partial charge in [0.2, 0.25) is 0 Å². The molecule has 0 aliphatic carbocycles. The van der Waals surface area contributed by atoms with Gasteiger partial charge in [0.15, 0.2) is 0 Å². The van der Waals surface area contributed by atoms with Crippen LogP contribution in [-0.2, 0) is 14.9 Å². The topological polar surface area (TPSA) is 84.5 Å². The zero-order chi connectivity index (χ0) is 13.1. The molecule has 2 N–H and O–H groups in total. The number of carbonyl (C=O) groups is 1. The van der Waals surface area contributed by atoms with Crippen LogP contribution in [-0.4, -0.2) is 21.6 Å². The van der Waals surface area contributed by atoms with E-state index in [9.17, 15) is 13.2 Å². The fourth-order valence-electron chi connectivity index (χ4n) is 1.07. The van der Waals surface area contributed by atoms with Crippen LogP contribution in [0.1, 0.15) is 5.56 Å². The number of hydrogen-bond donors (Lipinski definition) is 2. The van der Waals surface area contributed by atoms with Gasteiger partial charge in [-0.25, -0.2) is 9.52 Å². The van der Waals surface area contributed by atoms with Gasteiger partial charge in [-0.1, -0.05) is 23.7 Å². The number of hydrogen-bond acceptors (Lipinski definition) is 4. The van der Waals surface area contributed by atoms with Crippen molar-refractivity contribution in [3.63, 3.8) is 0 Å². The first-order chi connectivity index (χ1) is 7.85. The summed E-state index contributed by atoms with van der Waals surface area (Å²) >= 11 is 5.84. The second-order valence-corrected chi connectivity index (χ2v) is 4.95. The van der Waals surface area contributed by atoms with Crippen LogP contribution in [0, 0.1) is 6.92 Å². The largest absolute Gasteiger partial charge is 0.452 e. The highest BCUT2D eigenvalue weighted by Crippen LogP contribution is 2.25. The highest BCUT2D eigenvalue weighted by Gasteiger charge is 2.16. The molecule has 0 aliphatic rings. The number of nitrogens with one attached hydrogen (secondary N) is 2. The van der Waals surface area contributed by atoms with Gasteiger partial charge in [0.05, 0.1) is 17.8 Å². The van der Waals surface area contributed by atoms with Crippen LogP contribution >= 0.6 is 11.6 Å². The van der Waals surface area contributed by atoms with Gasteiger partial charge in [-0.05, 0) is 18.6 Å². The molecule has 0 radical (unpaired) electrons. The van der Waals surface area contributed by atoms with Crippen LogP contribution in [0.3, 0.4) is 0 Å². The quantitative estimate of drug-likeness (QED) is 0.881. The van der Waals surface area contributed by atoms with Gasteiger partial charge in [0.1, 0.15) is 0 Å². The molecule has 0 bridgehead atoms. The van der Waals surface area contributed by atoms with Crippen molar-refractivity contribution >= 4 is 33.6 Å². The van der Waals surface area contributed by atoms with Crippen LogP contribution in [0.15, 0.2) is 18.2 Å². The summed E-state index contributed by atoms with van der Waals surface area (Å²) in [5, 5.41) is 0.236. The maximum absolute atomic E-state index is 11.5. The molecule has 0 fully saturated rings. The average Bonchev–Trinajstić information content (AvgIpc) is 2.23. The van der Waals surface area contributed by atoms with E-state index in [-0.39, 0.29) is 10.7 Å². The van der Waals surface area contributed by atoms with Crippen molar-refractivity contribution in [1.82, 2.24) is 4.72 Å². The van der Waals surface area contributed by atoms with Gasteiger partial charge < -0.3 is 4.74 Å². The third-order valence-corrected chi connectivity index (χ3v) is 3.08. The Balaban J connectivity index is 2.95. The van der Waals surface area contributed by atoms with E-state index in [4.69, 9.17) is 11.6 Å². The van der Waals surface area contributed by atoms with Gasteiger partial charge in [0.25, 0.3) is 0 Å². The molecule has 0 saturated heterocycles. The van der Waals surface area contributed by atoms with Crippen molar-refractivity contribution in [2.75, 3.05) is 11.8 Å². The molecule has 0 spiro atoms. The Morgan fingerprint density at radius 1 is 1.41 bits per heavy atom. The number of methoxy groups -OCH3 is 1. The minimum absolute atomic E-state index is 0.213. The average molecular weight is 279 g/mol. The first-order valence-electron chi connectivity index (χ1n) is 4.49. The molecule has 94 valence electrons. The van der Waals surface area contributed by atoms with Crippen molar-refractivity contribution in [1.29, 1.82) is 0 Å². The van der Waals surface area contributed by atoms with E-state index in [0.717, 1.165) is 7.11 Å². The summed E-state index contributed by atoms with van der Waals surface area (Å²) in [4.78, 5) is 10.8. The van der Waals surface area contributed by atoms with Gasteiger partial charge in [-0.3, -0.25) is 4.72 Å². The lowest BCUT2D eigenvalue weighted by Gasteiger charge is -2.11. The lowest BCUT2D eigenvalue weighted by molar-refractivity contribution is 0.177. The molecular formula is C9H11ClN2O4S. The van der Waals surface area contributed by atoms with E-state index >= 15 is 0 Å². The monoisotopic (exact) mass is 278 g/mol. The van der Waals surface area contributed by atoms with E-state index in [1.54, 1.807) is 23.8 Å². The van der Waals surface area contributed by atoms with Gasteiger partial charge in [-0.2, -0.15) is 8.42 Å². The second kappa shape index (κ2) is 5.24. The first-order valence-corrected chi connectivity index (χ1v) is 6.35. The molecule has 6 nitrogen and oxygen atoms in total. The summed E-state index contributed by atoms with van der Waals surface area (Å²) in [6.07, 6.45) is -1.08. The zero-order valence-electron chi connectivity index (χ0n) is 9.15. The van der Waals surface area contributed by atoms with Gasteiger partial charge in [0, 0.05) is 0 Å². The van der Waals surface area contributed by atoms with Crippen LogP contribution in [0.2, 0.25) is 5.02 Å². The summed E-state index contributed by atoms with van der Waals surface area (Å²) in [5.41, 5.74) is 0.846. The smallest absolute Gasteiger partial charge is 0.422 e. The number of ether oxygens (including phenoxy) is 1. The van der Waals surface area contributed by atoms with E-state index in [1.807, 2.05) is 0 Å². The van der Waals surface area contributed by atoms with Crippen LogP contribution in [0.4, 0.5) is 10.5 Å². The third-order valence-electron chi connectivity index (χ3n) is 1.86. The van der Waals surface area contributed by atoms with Crippen LogP contribution < -0.4 is 9.44 Å². The van der Waals surface area contributed by atoms with Crippen LogP contribution in [0.25, 0.3) is 0 Å². The highest BCUT2D eigenvalue weighted by molar-refractivity contribution is 7.91. The summed E-state index contributed by atoms with van der Waals surface area (Å²) in [5.74, 6) is 0. The molecule has 0 aliphatic heterocycles. The number of anilines is 1. The fourth-order valence-corrected chi connectivity index (χ4v) is 2.29. The lowest BCUT2D eigenvalue weighted by atomic mass is 10.2. The van der Waals surface area contributed by atoms with Crippen molar-refractivity contribution in [2.45, 2.75) is 6.92 Å².